The van der Waals surface area contributed by atoms with Crippen LogP contribution in [0.3, 0.4) is 0 Å². The number of nitrogens with zero attached hydrogens (tertiary/aromatic N) is 4. The normalized spacial score (nSPS) is 14.2. The van der Waals surface area contributed by atoms with Crippen molar-refractivity contribution >= 4 is 42.6 Å². The Morgan fingerprint density at radius 1 is 0.420 bits per heavy atom. The van der Waals surface area contributed by atoms with Crippen LogP contribution in [0.15, 0.2) is 155 Å². The van der Waals surface area contributed by atoms with Gasteiger partial charge in [0.25, 0.3) is 0 Å². The molecule has 0 bridgehead atoms. The van der Waals surface area contributed by atoms with Crippen molar-refractivity contribution in [1.29, 1.82) is 0 Å². The van der Waals surface area contributed by atoms with E-state index in [1.165, 1.54) is 64.7 Å². The summed E-state index contributed by atoms with van der Waals surface area (Å²) in [4.78, 5) is 18.7. The maximum Gasteiger partial charge on any atom is 0.238 e. The van der Waals surface area contributed by atoms with Gasteiger partial charge in [0.2, 0.25) is 5.95 Å². The lowest BCUT2D eigenvalue weighted by Crippen LogP contribution is -2.07. The molecule has 1 aliphatic carbocycles. The van der Waals surface area contributed by atoms with Crippen LogP contribution in [0.2, 0.25) is 0 Å². The fraction of sp³-hybridized carbons (Fsp3) is 0.0444. The Hall–Kier alpha value is -6.04. The van der Waals surface area contributed by atoms with Gasteiger partial charge in [-0.1, -0.05) is 121 Å². The van der Waals surface area contributed by atoms with Gasteiger partial charge in [-0.2, -0.15) is 20.0 Å². The molecular weight excluding hydrogens is 629 g/mol. The molecule has 0 N–H and O–H groups in total. The van der Waals surface area contributed by atoms with Crippen molar-refractivity contribution in [2.24, 2.45) is 0 Å². The number of rotatable bonds is 3. The second-order valence-electron chi connectivity index (χ2n) is 13.6. The highest BCUT2D eigenvalue weighted by molar-refractivity contribution is 8.33. The molecule has 0 atom stereocenters. The van der Waals surface area contributed by atoms with Gasteiger partial charge in [-0.3, -0.25) is 4.57 Å². The molecule has 2 aromatic heterocycles. The first-order valence-electron chi connectivity index (χ1n) is 16.9. The van der Waals surface area contributed by atoms with Crippen molar-refractivity contribution < 1.29 is 0 Å². The second kappa shape index (κ2) is 10.0. The Kier molecular flexibility index (Phi) is 5.57. The van der Waals surface area contributed by atoms with E-state index < -0.39 is 10.0 Å². The summed E-state index contributed by atoms with van der Waals surface area (Å²) in [7, 11) is -1.19. The third-order valence-electron chi connectivity index (χ3n) is 10.7. The molecule has 0 unspecified atom stereocenters. The zero-order chi connectivity index (χ0) is 33.1. The van der Waals surface area contributed by atoms with E-state index in [9.17, 15) is 0 Å². The van der Waals surface area contributed by atoms with Crippen LogP contribution in [0.25, 0.3) is 94.7 Å². The molecule has 9 aromatic rings. The van der Waals surface area contributed by atoms with Gasteiger partial charge in [-0.25, -0.2) is 4.98 Å². The Morgan fingerprint density at radius 3 is 1.84 bits per heavy atom. The van der Waals surface area contributed by atoms with Crippen LogP contribution in [0.5, 0.6) is 0 Å². The van der Waals surface area contributed by atoms with Crippen LogP contribution in [0.1, 0.15) is 0 Å². The second-order valence-corrected chi connectivity index (χ2v) is 17.1. The van der Waals surface area contributed by atoms with E-state index in [1.54, 1.807) is 0 Å². The molecule has 1 aliphatic heterocycles. The van der Waals surface area contributed by atoms with Gasteiger partial charge < -0.3 is 0 Å². The van der Waals surface area contributed by atoms with E-state index in [0.29, 0.717) is 17.6 Å². The molecular formula is C45H30N4S. The van der Waals surface area contributed by atoms with Crippen LogP contribution in [-0.2, 0) is 0 Å². The van der Waals surface area contributed by atoms with E-state index in [-0.39, 0.29) is 0 Å². The highest BCUT2D eigenvalue weighted by Gasteiger charge is 2.34. The molecule has 0 fully saturated rings. The molecule has 0 spiro atoms. The third kappa shape index (κ3) is 3.65. The maximum atomic E-state index is 5.41. The lowest BCUT2D eigenvalue weighted by molar-refractivity contribution is 0.953. The fourth-order valence-corrected chi connectivity index (χ4v) is 11.0. The van der Waals surface area contributed by atoms with Gasteiger partial charge in [0, 0.05) is 37.3 Å². The summed E-state index contributed by atoms with van der Waals surface area (Å²) in [6.07, 6.45) is 4.79. The molecule has 2 aliphatic rings. The van der Waals surface area contributed by atoms with Crippen LogP contribution in [-0.4, -0.2) is 32.0 Å². The average Bonchev–Trinajstić information content (AvgIpc) is 3.59. The number of benzene rings is 7. The molecule has 0 amide bonds. The van der Waals surface area contributed by atoms with Crippen LogP contribution < -0.4 is 0 Å². The quantitative estimate of drug-likeness (QED) is 0.190. The molecule has 0 saturated carbocycles. The van der Waals surface area contributed by atoms with Gasteiger partial charge in [0.05, 0.1) is 11.0 Å². The monoisotopic (exact) mass is 658 g/mol. The number of aromatic nitrogens is 4. The number of hydrogen-bond donors (Lipinski definition) is 0. The van der Waals surface area contributed by atoms with Crippen LogP contribution in [0.4, 0.5) is 0 Å². The standard InChI is InChI=1S/C45H30N4S/c1-50(2)37-23-9-8-18-33(37)40-34(21-12-24-38(40)50)44-46-43(28-13-4-3-5-14-28)47-45(48-44)49-35-22-11-20-32-30-17-7-6-16-29(30)31-19-10-15-27-25-26-36(49)42(39(27)31)41(32)35/h3-26H,1-2H3. The average molecular weight is 659 g/mol. The van der Waals surface area contributed by atoms with Crippen molar-refractivity contribution in [3.8, 4) is 62.1 Å². The van der Waals surface area contributed by atoms with E-state index in [4.69, 9.17) is 15.0 Å². The number of hydrogen-bond acceptors (Lipinski definition) is 3. The molecule has 4 nitrogen and oxygen atoms in total. The van der Waals surface area contributed by atoms with E-state index in [0.717, 1.165) is 22.2 Å². The summed E-state index contributed by atoms with van der Waals surface area (Å²) in [6, 6.07) is 52.4. The highest BCUT2D eigenvalue weighted by atomic mass is 32.3. The van der Waals surface area contributed by atoms with Crippen molar-refractivity contribution in [2.75, 3.05) is 12.5 Å². The third-order valence-corrected chi connectivity index (χ3v) is 13.6. The van der Waals surface area contributed by atoms with Gasteiger partial charge in [-0.15, -0.1) is 0 Å². The van der Waals surface area contributed by atoms with Gasteiger partial charge >= 0.3 is 0 Å². The van der Waals surface area contributed by atoms with Gasteiger partial charge in [0.1, 0.15) is 0 Å². The predicted octanol–water partition coefficient (Wildman–Crippen LogP) is 11.6. The summed E-state index contributed by atoms with van der Waals surface area (Å²) in [5.74, 6) is 1.96. The maximum absolute atomic E-state index is 5.41. The lowest BCUT2D eigenvalue weighted by atomic mass is 9.93. The van der Waals surface area contributed by atoms with Crippen molar-refractivity contribution in [1.82, 2.24) is 19.5 Å². The lowest BCUT2D eigenvalue weighted by Gasteiger charge is -2.28. The fourth-order valence-electron chi connectivity index (χ4n) is 8.50. The minimum Gasteiger partial charge on any atom is -0.278 e. The largest absolute Gasteiger partial charge is 0.278 e. The molecule has 0 saturated heterocycles. The molecule has 236 valence electrons. The zero-order valence-corrected chi connectivity index (χ0v) is 28.4. The molecule has 5 heteroatoms. The number of fused-ring (bicyclic) bond motifs is 6. The van der Waals surface area contributed by atoms with Crippen LogP contribution in [0, 0.1) is 0 Å². The molecule has 50 heavy (non-hydrogen) atoms. The van der Waals surface area contributed by atoms with Gasteiger partial charge in [-0.05, 0) is 75.4 Å². The van der Waals surface area contributed by atoms with Crippen molar-refractivity contribution in [3.63, 3.8) is 0 Å². The minimum absolute atomic E-state index is 0.618. The topological polar surface area (TPSA) is 43.6 Å². The van der Waals surface area contributed by atoms with Crippen molar-refractivity contribution in [3.05, 3.63) is 146 Å². The zero-order valence-electron chi connectivity index (χ0n) is 27.6. The van der Waals surface area contributed by atoms with E-state index in [2.05, 4.69) is 144 Å². The first kappa shape index (κ1) is 27.9. The molecule has 7 aromatic carbocycles. The van der Waals surface area contributed by atoms with E-state index in [1.807, 2.05) is 18.2 Å². The Balaban J connectivity index is 1.27. The summed E-state index contributed by atoms with van der Waals surface area (Å²) >= 11 is 0. The Morgan fingerprint density at radius 2 is 1.02 bits per heavy atom. The summed E-state index contributed by atoms with van der Waals surface area (Å²) in [6.45, 7) is 0. The first-order chi connectivity index (χ1) is 24.6. The minimum atomic E-state index is -1.19. The molecule has 3 heterocycles. The van der Waals surface area contributed by atoms with Gasteiger partial charge in [0.15, 0.2) is 11.6 Å². The van der Waals surface area contributed by atoms with Crippen molar-refractivity contribution in [2.45, 2.75) is 9.79 Å². The Labute approximate surface area is 291 Å². The van der Waals surface area contributed by atoms with E-state index >= 15 is 0 Å². The Bertz CT molecular complexity index is 2900. The highest BCUT2D eigenvalue weighted by Crippen LogP contribution is 2.68. The first-order valence-corrected chi connectivity index (χ1v) is 19.4. The smallest absolute Gasteiger partial charge is 0.238 e. The summed E-state index contributed by atoms with van der Waals surface area (Å²) in [5.41, 5.74) is 11.7. The molecule has 11 rings (SSSR count). The summed E-state index contributed by atoms with van der Waals surface area (Å²) in [5, 5.41) is 4.97. The SMILES string of the molecule is CS1(C)c2ccccc2-c2c(-c3nc(-c4ccccc4)nc(-n4c5cccc6c5c5c7c(cccc7ccc54)-c4ccccc4-6)n3)cccc21. The van der Waals surface area contributed by atoms with Crippen LogP contribution >= 0.6 is 10.0 Å². The predicted molar refractivity (Wildman–Crippen MR) is 208 cm³/mol. The summed E-state index contributed by atoms with van der Waals surface area (Å²) < 4.78 is 2.27. The molecule has 0 radical (unpaired) electrons.